The average Bonchev–Trinajstić information content (AvgIpc) is 3.26. The Kier molecular flexibility index (Phi) is 7.89. The Morgan fingerprint density at radius 3 is 2.48 bits per heavy atom. The molecule has 0 radical (unpaired) electrons. The number of amides is 2. The Morgan fingerprint density at radius 1 is 1.17 bits per heavy atom. The molecule has 2 saturated heterocycles. The molecule has 2 fully saturated rings. The molecule has 1 aromatic rings. The number of rotatable bonds is 8. The van der Waals surface area contributed by atoms with E-state index in [4.69, 9.17) is 14.2 Å². The minimum absolute atomic E-state index is 0.0253. The Balaban J connectivity index is 1.49. The van der Waals surface area contributed by atoms with Crippen LogP contribution in [0.1, 0.15) is 43.0 Å². The van der Waals surface area contributed by atoms with Crippen molar-refractivity contribution in [2.24, 2.45) is 0 Å². The fourth-order valence-electron chi connectivity index (χ4n) is 3.88. The summed E-state index contributed by atoms with van der Waals surface area (Å²) in [5.41, 5.74) is 0.664. The third kappa shape index (κ3) is 5.93. The van der Waals surface area contributed by atoms with Gasteiger partial charge in [-0.15, -0.1) is 0 Å². The summed E-state index contributed by atoms with van der Waals surface area (Å²) in [6.45, 7) is 5.58. The van der Waals surface area contributed by atoms with Crippen LogP contribution in [0.3, 0.4) is 0 Å². The maximum absolute atomic E-state index is 12.8. The topological polar surface area (TPSA) is 68.3 Å². The van der Waals surface area contributed by atoms with E-state index < -0.39 is 0 Å². The summed E-state index contributed by atoms with van der Waals surface area (Å²) in [5, 5.41) is 0. The van der Waals surface area contributed by atoms with E-state index in [1.54, 1.807) is 0 Å². The van der Waals surface area contributed by atoms with E-state index >= 15 is 0 Å². The number of hydrogen-bond acceptors (Lipinski definition) is 5. The zero-order valence-corrected chi connectivity index (χ0v) is 17.5. The molecular formula is C22H32N2O5. The fourth-order valence-corrected chi connectivity index (χ4v) is 3.88. The molecule has 7 heteroatoms. The number of methoxy groups -OCH3 is 1. The monoisotopic (exact) mass is 404 g/mol. The summed E-state index contributed by atoms with van der Waals surface area (Å²) in [7, 11) is 1.53. The van der Waals surface area contributed by atoms with E-state index in [9.17, 15) is 9.59 Å². The highest BCUT2D eigenvalue weighted by atomic mass is 16.5. The minimum Gasteiger partial charge on any atom is -0.490 e. The van der Waals surface area contributed by atoms with Crippen LogP contribution in [0.2, 0.25) is 0 Å². The SMILES string of the molecule is CCN(C[C@@H]1CCCO1)C(=O)c1ccc(OC2CCN(C(=O)COC)CC2)cc1. The van der Waals surface area contributed by atoms with E-state index in [0.717, 1.165) is 38.0 Å². The highest BCUT2D eigenvalue weighted by Gasteiger charge is 2.25. The van der Waals surface area contributed by atoms with Crippen molar-refractivity contribution < 1.29 is 23.8 Å². The standard InChI is InChI=1S/C22H32N2O5/c1-3-23(15-20-5-4-14-28-20)22(26)17-6-8-18(9-7-17)29-19-10-12-24(13-11-19)21(25)16-27-2/h6-9,19-20H,3-5,10-16H2,1-2H3/t20-/m0/s1. The summed E-state index contributed by atoms with van der Waals surface area (Å²) in [6.07, 6.45) is 3.91. The Morgan fingerprint density at radius 2 is 1.90 bits per heavy atom. The second kappa shape index (κ2) is 10.6. The summed E-state index contributed by atoms with van der Waals surface area (Å²) >= 11 is 0. The van der Waals surface area contributed by atoms with Crippen LogP contribution in [0.4, 0.5) is 0 Å². The molecule has 0 unspecified atom stereocenters. The molecule has 2 amide bonds. The molecule has 160 valence electrons. The first kappa shape index (κ1) is 21.6. The van der Waals surface area contributed by atoms with Gasteiger partial charge in [0.2, 0.25) is 5.91 Å². The maximum Gasteiger partial charge on any atom is 0.253 e. The summed E-state index contributed by atoms with van der Waals surface area (Å²) in [4.78, 5) is 28.3. The third-order valence-electron chi connectivity index (χ3n) is 5.58. The smallest absolute Gasteiger partial charge is 0.253 e. The van der Waals surface area contributed by atoms with Crippen molar-refractivity contribution in [1.29, 1.82) is 0 Å². The average molecular weight is 405 g/mol. The second-order valence-corrected chi connectivity index (χ2v) is 7.63. The van der Waals surface area contributed by atoms with Crippen LogP contribution in [0.15, 0.2) is 24.3 Å². The molecule has 0 aromatic heterocycles. The number of likely N-dealkylation sites (tertiary alicyclic amines) is 1. The number of piperidine rings is 1. The molecule has 1 atom stereocenters. The number of nitrogens with zero attached hydrogens (tertiary/aromatic N) is 2. The summed E-state index contributed by atoms with van der Waals surface area (Å²) in [5.74, 6) is 0.808. The lowest BCUT2D eigenvalue weighted by molar-refractivity contribution is -0.136. The predicted molar refractivity (Wildman–Crippen MR) is 109 cm³/mol. The van der Waals surface area contributed by atoms with Gasteiger partial charge >= 0.3 is 0 Å². The Hall–Kier alpha value is -2.12. The number of likely N-dealkylation sites (N-methyl/N-ethyl adjacent to an activating group) is 1. The van der Waals surface area contributed by atoms with Gasteiger partial charge in [-0.2, -0.15) is 0 Å². The number of carbonyl (C=O) groups excluding carboxylic acids is 2. The van der Waals surface area contributed by atoms with Crippen LogP contribution in [0.25, 0.3) is 0 Å². The molecule has 2 heterocycles. The molecule has 2 aliphatic heterocycles. The third-order valence-corrected chi connectivity index (χ3v) is 5.58. The van der Waals surface area contributed by atoms with Crippen molar-refractivity contribution in [1.82, 2.24) is 9.80 Å². The van der Waals surface area contributed by atoms with Gasteiger partial charge in [0, 0.05) is 58.3 Å². The second-order valence-electron chi connectivity index (χ2n) is 7.63. The Labute approximate surface area is 172 Å². The molecule has 0 aliphatic carbocycles. The van der Waals surface area contributed by atoms with E-state index in [0.29, 0.717) is 31.7 Å². The van der Waals surface area contributed by atoms with Crippen molar-refractivity contribution in [2.75, 3.05) is 46.5 Å². The van der Waals surface area contributed by atoms with E-state index in [1.807, 2.05) is 41.0 Å². The van der Waals surface area contributed by atoms with Crippen molar-refractivity contribution in [3.05, 3.63) is 29.8 Å². The highest BCUT2D eigenvalue weighted by molar-refractivity contribution is 5.94. The zero-order valence-electron chi connectivity index (χ0n) is 17.5. The van der Waals surface area contributed by atoms with Crippen molar-refractivity contribution in [3.8, 4) is 5.75 Å². The van der Waals surface area contributed by atoms with E-state index in [2.05, 4.69) is 0 Å². The number of hydrogen-bond donors (Lipinski definition) is 0. The molecule has 3 rings (SSSR count). The van der Waals surface area contributed by atoms with Gasteiger partial charge in [-0.1, -0.05) is 0 Å². The van der Waals surface area contributed by atoms with Gasteiger partial charge in [0.05, 0.1) is 6.10 Å². The van der Waals surface area contributed by atoms with Crippen LogP contribution in [-0.4, -0.2) is 80.3 Å². The van der Waals surface area contributed by atoms with Crippen LogP contribution >= 0.6 is 0 Å². The molecule has 2 aliphatic rings. The number of benzene rings is 1. The van der Waals surface area contributed by atoms with Crippen LogP contribution in [-0.2, 0) is 14.3 Å². The molecule has 1 aromatic carbocycles. The minimum atomic E-state index is 0.0253. The predicted octanol–water partition coefficient (Wildman–Crippen LogP) is 2.34. The van der Waals surface area contributed by atoms with Gasteiger partial charge in [0.1, 0.15) is 18.5 Å². The van der Waals surface area contributed by atoms with Crippen LogP contribution in [0.5, 0.6) is 5.75 Å². The first-order chi connectivity index (χ1) is 14.1. The Bertz CT molecular complexity index is 664. The lowest BCUT2D eigenvalue weighted by Crippen LogP contribution is -2.43. The normalized spacial score (nSPS) is 19.9. The van der Waals surface area contributed by atoms with Crippen molar-refractivity contribution >= 4 is 11.8 Å². The molecular weight excluding hydrogens is 372 g/mol. The lowest BCUT2D eigenvalue weighted by Gasteiger charge is -2.32. The maximum atomic E-state index is 12.8. The molecule has 0 N–H and O–H groups in total. The van der Waals surface area contributed by atoms with Gasteiger partial charge in [-0.05, 0) is 44.0 Å². The molecule has 29 heavy (non-hydrogen) atoms. The first-order valence-corrected chi connectivity index (χ1v) is 10.5. The lowest BCUT2D eigenvalue weighted by atomic mass is 10.1. The van der Waals surface area contributed by atoms with Crippen LogP contribution in [0, 0.1) is 0 Å². The first-order valence-electron chi connectivity index (χ1n) is 10.5. The van der Waals surface area contributed by atoms with Gasteiger partial charge < -0.3 is 24.0 Å². The quantitative estimate of drug-likeness (QED) is 0.665. The van der Waals surface area contributed by atoms with Crippen LogP contribution < -0.4 is 4.74 Å². The molecule has 7 nitrogen and oxygen atoms in total. The van der Waals surface area contributed by atoms with Gasteiger partial charge in [-0.25, -0.2) is 0 Å². The molecule has 0 spiro atoms. The van der Waals surface area contributed by atoms with Crippen molar-refractivity contribution in [2.45, 2.75) is 44.8 Å². The number of ether oxygens (including phenoxy) is 3. The van der Waals surface area contributed by atoms with E-state index in [1.165, 1.54) is 7.11 Å². The fraction of sp³-hybridized carbons (Fsp3) is 0.636. The summed E-state index contributed by atoms with van der Waals surface area (Å²) < 4.78 is 16.6. The van der Waals surface area contributed by atoms with E-state index in [-0.39, 0.29) is 30.6 Å². The summed E-state index contributed by atoms with van der Waals surface area (Å²) in [6, 6.07) is 7.37. The van der Waals surface area contributed by atoms with Crippen molar-refractivity contribution in [3.63, 3.8) is 0 Å². The van der Waals surface area contributed by atoms with Gasteiger partial charge in [0.25, 0.3) is 5.91 Å². The molecule has 0 bridgehead atoms. The largest absolute Gasteiger partial charge is 0.490 e. The van der Waals surface area contributed by atoms with Gasteiger partial charge in [-0.3, -0.25) is 9.59 Å². The zero-order chi connectivity index (χ0) is 20.6. The highest BCUT2D eigenvalue weighted by Crippen LogP contribution is 2.21. The van der Waals surface area contributed by atoms with Gasteiger partial charge in [0.15, 0.2) is 0 Å². The molecule has 0 saturated carbocycles. The number of carbonyl (C=O) groups is 2.